The van der Waals surface area contributed by atoms with Gasteiger partial charge in [0.1, 0.15) is 24.1 Å². The minimum atomic E-state index is -4.04. The molecule has 2 saturated heterocycles. The van der Waals surface area contributed by atoms with E-state index in [4.69, 9.17) is 9.26 Å². The molecule has 7 rings (SSSR count). The van der Waals surface area contributed by atoms with Crippen LogP contribution in [0.25, 0.3) is 11.0 Å². The van der Waals surface area contributed by atoms with Crippen molar-refractivity contribution in [2.75, 3.05) is 6.54 Å². The van der Waals surface area contributed by atoms with E-state index in [0.29, 0.717) is 48.8 Å². The van der Waals surface area contributed by atoms with E-state index in [2.05, 4.69) is 25.2 Å². The number of hydrogen-bond acceptors (Lipinski definition) is 11. The summed E-state index contributed by atoms with van der Waals surface area (Å²) in [6.07, 6.45) is 0.716. The zero-order valence-corrected chi connectivity index (χ0v) is 30.1. The number of fused-ring (bicyclic) bond motifs is 3. The molecule has 0 radical (unpaired) electrons. The van der Waals surface area contributed by atoms with Crippen molar-refractivity contribution in [3.63, 3.8) is 0 Å². The molecule has 2 aliphatic heterocycles. The van der Waals surface area contributed by atoms with Gasteiger partial charge >= 0.3 is 0 Å². The number of nitrogens with zero attached hydrogens (tertiary/aromatic N) is 4. The Kier molecular flexibility index (Phi) is 9.97. The summed E-state index contributed by atoms with van der Waals surface area (Å²) in [4.78, 5) is 66.3. The van der Waals surface area contributed by atoms with Crippen LogP contribution in [0.1, 0.15) is 93.7 Å². The van der Waals surface area contributed by atoms with Crippen molar-refractivity contribution in [3.05, 3.63) is 48.0 Å². The molecule has 3 aromatic rings. The molecule has 2 saturated carbocycles. The van der Waals surface area contributed by atoms with Crippen LogP contribution < -0.4 is 14.8 Å². The molecule has 4 heterocycles. The summed E-state index contributed by atoms with van der Waals surface area (Å²) >= 11 is 0. The number of carbonyl (C=O) groups is 4. The van der Waals surface area contributed by atoms with Crippen LogP contribution in [0.3, 0.4) is 0 Å². The number of aromatic nitrogens is 3. The largest absolute Gasteiger partial charge is 0.471 e. The molecule has 5 atom stereocenters. The number of ether oxygens (including phenoxy) is 1. The highest BCUT2D eigenvalue weighted by Crippen LogP contribution is 2.60. The number of nitrogens with one attached hydrogen (secondary N) is 2. The van der Waals surface area contributed by atoms with Crippen molar-refractivity contribution < 1.29 is 45.6 Å². The second kappa shape index (κ2) is 14.4. The van der Waals surface area contributed by atoms with Crippen molar-refractivity contribution in [2.45, 2.75) is 113 Å². The highest BCUT2D eigenvalue weighted by atomic mass is 32.2. The van der Waals surface area contributed by atoms with Crippen LogP contribution in [0.15, 0.2) is 41.1 Å². The molecule has 0 unspecified atom stereocenters. The van der Waals surface area contributed by atoms with Crippen LogP contribution in [0.4, 0.5) is 8.78 Å². The minimum Gasteiger partial charge on any atom is -0.471 e. The fraction of sp³-hybridized carbons (Fsp3) is 0.583. The van der Waals surface area contributed by atoms with Crippen molar-refractivity contribution in [3.8, 4) is 5.88 Å². The Hall–Kier alpha value is -4.54. The number of para-hydroxylation sites is 2. The van der Waals surface area contributed by atoms with Gasteiger partial charge in [-0.1, -0.05) is 37.1 Å². The minimum absolute atomic E-state index is 0.0227. The Morgan fingerprint density at radius 3 is 2.49 bits per heavy atom. The second-order valence-electron chi connectivity index (χ2n) is 14.7. The summed E-state index contributed by atoms with van der Waals surface area (Å²) in [7, 11) is -4.04. The lowest BCUT2D eigenvalue weighted by atomic mass is 9.89. The van der Waals surface area contributed by atoms with Crippen LogP contribution >= 0.6 is 0 Å². The maximum Gasteiger partial charge on any atom is 0.274 e. The number of amides is 3. The number of rotatable bonds is 8. The van der Waals surface area contributed by atoms with Crippen LogP contribution in [0.2, 0.25) is 0 Å². The van der Waals surface area contributed by atoms with Gasteiger partial charge in [-0.15, -0.1) is 0 Å². The van der Waals surface area contributed by atoms with Gasteiger partial charge in [-0.05, 0) is 56.6 Å². The van der Waals surface area contributed by atoms with Crippen molar-refractivity contribution in [2.24, 2.45) is 11.3 Å². The van der Waals surface area contributed by atoms with E-state index in [1.54, 1.807) is 6.07 Å². The van der Waals surface area contributed by atoms with Crippen LogP contribution in [-0.2, 0) is 30.8 Å². The number of sulfonamides is 1. The molecular formula is C36H42F2N6O8S. The Labute approximate surface area is 304 Å². The number of halogens is 2. The Morgan fingerprint density at radius 2 is 1.79 bits per heavy atom. The van der Waals surface area contributed by atoms with Gasteiger partial charge < -0.3 is 19.5 Å². The first-order valence-electron chi connectivity index (χ1n) is 18.2. The van der Waals surface area contributed by atoms with Crippen molar-refractivity contribution in [1.29, 1.82) is 0 Å². The van der Waals surface area contributed by atoms with Gasteiger partial charge in [0.25, 0.3) is 5.91 Å². The fourth-order valence-corrected chi connectivity index (χ4v) is 9.05. The summed E-state index contributed by atoms with van der Waals surface area (Å²) in [6, 6.07) is 6.27. The highest BCUT2D eigenvalue weighted by Gasteiger charge is 2.64. The topological polar surface area (TPSA) is 191 Å². The number of Topliss-reactive ketones (excluding diaryl/α,β-unsaturated/α-hetero) is 1. The monoisotopic (exact) mass is 756 g/mol. The molecule has 2 N–H and O–H groups in total. The number of benzene rings is 1. The molecule has 2 aromatic heterocycles. The van der Waals surface area contributed by atoms with Crippen molar-refractivity contribution >= 4 is 44.6 Å². The third kappa shape index (κ3) is 7.89. The summed E-state index contributed by atoms with van der Waals surface area (Å²) < 4.78 is 69.6. The first-order chi connectivity index (χ1) is 25.3. The molecule has 0 spiro atoms. The molecule has 4 aliphatic rings. The quantitative estimate of drug-likeness (QED) is 0.339. The average molecular weight is 757 g/mol. The molecule has 2 aliphatic carbocycles. The molecule has 17 heteroatoms. The highest BCUT2D eigenvalue weighted by molar-refractivity contribution is 7.90. The lowest BCUT2D eigenvalue weighted by Gasteiger charge is -2.29. The van der Waals surface area contributed by atoms with Crippen molar-refractivity contribution in [1.82, 2.24) is 30.1 Å². The number of ketones is 1. The predicted octanol–water partition coefficient (Wildman–Crippen LogP) is 3.89. The summed E-state index contributed by atoms with van der Waals surface area (Å²) in [6.45, 7) is 1.81. The Balaban J connectivity index is 1.21. The van der Waals surface area contributed by atoms with E-state index in [-0.39, 0.29) is 43.8 Å². The van der Waals surface area contributed by atoms with E-state index < -0.39 is 93.5 Å². The fourth-order valence-electron chi connectivity index (χ4n) is 7.67. The standard InChI is InChI=1S/C36H42F2N6O8S/c1-2-24-32(41-26-9-6-5-8-25(26)39-24)52-22-16-29-30(45)19-35(34(48)43-53(49,50)23-11-12-23)17-21(35)18-36(37,38)14-7-3-4-10-28(33(47)44(29)20-22)40-31(46)27-13-15-51-42-27/h5-6,8-9,13,15,21-23,28-29H,2-4,7,10-12,14,16-20H2,1H3,(H,40,46)(H,43,48)/t21-,22+,28-,29-,35+/m0/s1. The molecule has 1 aromatic carbocycles. The van der Waals surface area contributed by atoms with E-state index in [1.165, 1.54) is 17.2 Å². The number of alkyl halides is 2. The summed E-state index contributed by atoms with van der Waals surface area (Å²) in [5, 5.41) is 5.60. The zero-order chi connectivity index (χ0) is 37.5. The number of hydrogen-bond donors (Lipinski definition) is 2. The van der Waals surface area contributed by atoms with Gasteiger partial charge in [0, 0.05) is 31.7 Å². The van der Waals surface area contributed by atoms with E-state index in [1.807, 2.05) is 25.1 Å². The lowest BCUT2D eigenvalue weighted by molar-refractivity contribution is -0.140. The molecule has 3 amide bonds. The van der Waals surface area contributed by atoms with Crippen LogP contribution in [-0.4, -0.2) is 87.9 Å². The molecule has 4 fully saturated rings. The van der Waals surface area contributed by atoms with Crippen LogP contribution in [0.5, 0.6) is 5.88 Å². The molecule has 0 bridgehead atoms. The smallest absolute Gasteiger partial charge is 0.274 e. The summed E-state index contributed by atoms with van der Waals surface area (Å²) in [5.74, 6) is -6.71. The van der Waals surface area contributed by atoms with Gasteiger partial charge in [-0.25, -0.2) is 27.2 Å². The van der Waals surface area contributed by atoms with E-state index in [0.717, 1.165) is 0 Å². The Morgan fingerprint density at radius 1 is 1.04 bits per heavy atom. The first kappa shape index (κ1) is 36.8. The predicted molar refractivity (Wildman–Crippen MR) is 184 cm³/mol. The third-order valence-corrected chi connectivity index (χ3v) is 12.7. The number of aryl methyl sites for hydroxylation is 1. The van der Waals surface area contributed by atoms with Gasteiger partial charge in [0.2, 0.25) is 33.6 Å². The third-order valence-electron chi connectivity index (χ3n) is 10.9. The molecule has 53 heavy (non-hydrogen) atoms. The Bertz CT molecular complexity index is 2010. The maximum atomic E-state index is 15.3. The zero-order valence-electron chi connectivity index (χ0n) is 29.3. The van der Waals surface area contributed by atoms with E-state index in [9.17, 15) is 27.6 Å². The average Bonchev–Trinajstić information content (AvgIpc) is 3.97. The SMILES string of the molecule is CCc1nc2ccccc2nc1O[C@@H]1C[C@H]2C(=O)C[C@]3(C(=O)NS(=O)(=O)C4CC4)C[C@H]3CC(F)(F)CCCCC[C@H](NC(=O)c3ccon3)C(=O)N2C1. The van der Waals surface area contributed by atoms with Gasteiger partial charge in [-0.2, -0.15) is 0 Å². The molecular weight excluding hydrogens is 714 g/mol. The normalized spacial score (nSPS) is 27.9. The molecule has 14 nitrogen and oxygen atoms in total. The maximum absolute atomic E-state index is 15.3. The summed E-state index contributed by atoms with van der Waals surface area (Å²) in [5.41, 5.74) is 0.0674. The lowest BCUT2D eigenvalue weighted by Crippen LogP contribution is -2.52. The van der Waals surface area contributed by atoms with Gasteiger partial charge in [0.15, 0.2) is 11.5 Å². The number of carbonyl (C=O) groups excluding carboxylic acids is 4. The van der Waals surface area contributed by atoms with Gasteiger partial charge in [0.05, 0.1) is 34.3 Å². The van der Waals surface area contributed by atoms with Gasteiger partial charge in [-0.3, -0.25) is 23.9 Å². The second-order valence-corrected chi connectivity index (χ2v) is 16.7. The van der Waals surface area contributed by atoms with E-state index >= 15 is 8.78 Å². The van der Waals surface area contributed by atoms with Crippen LogP contribution in [0, 0.1) is 11.3 Å². The molecule has 284 valence electrons. The first-order valence-corrected chi connectivity index (χ1v) is 19.7.